The van der Waals surface area contributed by atoms with E-state index in [2.05, 4.69) is 25.3 Å². The van der Waals surface area contributed by atoms with Gasteiger partial charge in [-0.2, -0.15) is 0 Å². The summed E-state index contributed by atoms with van der Waals surface area (Å²) in [6, 6.07) is -0.851. The van der Waals surface area contributed by atoms with Crippen molar-refractivity contribution in [3.8, 4) is 5.95 Å². The van der Waals surface area contributed by atoms with Gasteiger partial charge < -0.3 is 20.1 Å². The Kier molecular flexibility index (Phi) is 5.66. The first-order valence-electron chi connectivity index (χ1n) is 8.49. The second kappa shape index (κ2) is 8.23. The van der Waals surface area contributed by atoms with E-state index in [9.17, 15) is 24.6 Å². The van der Waals surface area contributed by atoms with Gasteiger partial charge in [0, 0.05) is 11.5 Å². The third-order valence-corrected chi connectivity index (χ3v) is 7.64. The summed E-state index contributed by atoms with van der Waals surface area (Å²) < 4.78 is 6.08. The first kappa shape index (κ1) is 20.6. The van der Waals surface area contributed by atoms with Crippen LogP contribution in [0.1, 0.15) is 5.01 Å². The summed E-state index contributed by atoms with van der Waals surface area (Å²) in [5.41, 5.74) is 0.561. The molecule has 4 heterocycles. The molecule has 2 amide bonds. The molecule has 0 radical (unpaired) electrons. The SMILES string of the molecule is Cc1nnc(SCC2=C(C(=O)O)N3C(=O)C(NC(=O)C[n+]4cc([O-])on4)[C@H]3SC2)s1. The van der Waals surface area contributed by atoms with Crippen LogP contribution < -0.4 is 15.1 Å². The van der Waals surface area contributed by atoms with E-state index in [0.717, 1.165) is 20.2 Å². The van der Waals surface area contributed by atoms with E-state index in [1.807, 2.05) is 6.92 Å². The van der Waals surface area contributed by atoms with E-state index in [1.165, 1.54) is 39.8 Å². The summed E-state index contributed by atoms with van der Waals surface area (Å²) in [6.07, 6.45) is 1.01. The van der Waals surface area contributed by atoms with Crippen LogP contribution in [0.25, 0.3) is 0 Å². The fraction of sp³-hybridized carbons (Fsp3) is 0.400. The molecule has 2 aromatic rings. The van der Waals surface area contributed by atoms with Gasteiger partial charge in [-0.15, -0.1) is 22.0 Å². The zero-order chi connectivity index (χ0) is 21.4. The smallest absolute Gasteiger partial charge is 0.352 e. The molecule has 1 unspecified atom stereocenters. The number of fused-ring (bicyclic) bond motifs is 1. The molecule has 0 bridgehead atoms. The molecular formula is C15H14N6O6S3. The van der Waals surface area contributed by atoms with E-state index in [1.54, 1.807) is 0 Å². The van der Waals surface area contributed by atoms with Crippen LogP contribution in [0, 0.1) is 6.92 Å². The molecule has 2 N–H and O–H groups in total. The van der Waals surface area contributed by atoms with Gasteiger partial charge in [-0.05, 0) is 12.5 Å². The number of aromatic nitrogens is 4. The average Bonchev–Trinajstić information content (AvgIpc) is 3.31. The van der Waals surface area contributed by atoms with E-state index < -0.39 is 35.1 Å². The highest BCUT2D eigenvalue weighted by atomic mass is 32.2. The standard InChI is InChI=1S/C15H14N6O6S3/c1-6-17-18-15(30-6)29-5-7-4-28-13-10(12(24)21(13)11(7)14(25)26)16-8(22)2-20-3-9(23)27-19-20/h3,10,13H,2,4-5H2,1H3,(H2-,16,19,22,23,25,26)/t10?,13-/m1/s1. The van der Waals surface area contributed by atoms with Crippen LogP contribution in [0.3, 0.4) is 0 Å². The van der Waals surface area contributed by atoms with Gasteiger partial charge >= 0.3 is 5.97 Å². The van der Waals surface area contributed by atoms with E-state index >= 15 is 0 Å². The number of carbonyl (C=O) groups is 3. The molecule has 0 aliphatic carbocycles. The number of aryl methyl sites for hydroxylation is 1. The highest BCUT2D eigenvalue weighted by Gasteiger charge is 2.54. The maximum Gasteiger partial charge on any atom is 0.352 e. The van der Waals surface area contributed by atoms with Crippen molar-refractivity contribution in [3.05, 3.63) is 22.5 Å². The molecule has 158 valence electrons. The Morgan fingerprint density at radius 3 is 2.93 bits per heavy atom. The molecule has 1 saturated heterocycles. The molecular weight excluding hydrogens is 456 g/mol. The van der Waals surface area contributed by atoms with Crippen molar-refractivity contribution >= 4 is 52.6 Å². The third kappa shape index (κ3) is 3.99. The predicted molar refractivity (Wildman–Crippen MR) is 101 cm³/mol. The molecule has 2 atom stereocenters. The number of rotatable bonds is 7. The average molecular weight is 471 g/mol. The highest BCUT2D eigenvalue weighted by molar-refractivity contribution is 8.01. The maximum absolute atomic E-state index is 12.6. The number of thioether (sulfide) groups is 2. The van der Waals surface area contributed by atoms with Gasteiger partial charge in [-0.1, -0.05) is 27.8 Å². The van der Waals surface area contributed by atoms with E-state index in [4.69, 9.17) is 0 Å². The number of hydrogen-bond donors (Lipinski definition) is 2. The van der Waals surface area contributed by atoms with Crippen LogP contribution in [0.5, 0.6) is 5.95 Å². The van der Waals surface area contributed by atoms with Crippen LogP contribution in [-0.4, -0.2) is 66.2 Å². The van der Waals surface area contributed by atoms with Gasteiger partial charge in [0.2, 0.25) is 6.20 Å². The lowest BCUT2D eigenvalue weighted by atomic mass is 10.0. The van der Waals surface area contributed by atoms with Gasteiger partial charge in [-0.3, -0.25) is 14.5 Å². The van der Waals surface area contributed by atoms with Crippen molar-refractivity contribution < 1.29 is 33.8 Å². The number of carboxylic acid groups (broad SMARTS) is 1. The van der Waals surface area contributed by atoms with E-state index in [0.29, 0.717) is 17.1 Å². The van der Waals surface area contributed by atoms with Gasteiger partial charge in [0.25, 0.3) is 18.4 Å². The predicted octanol–water partition coefficient (Wildman–Crippen LogP) is -1.27. The lowest BCUT2D eigenvalue weighted by molar-refractivity contribution is -0.751. The van der Waals surface area contributed by atoms with Gasteiger partial charge in [0.1, 0.15) is 28.1 Å². The quantitative estimate of drug-likeness (QED) is 0.281. The lowest BCUT2D eigenvalue weighted by Crippen LogP contribution is -2.71. The summed E-state index contributed by atoms with van der Waals surface area (Å²) in [6.45, 7) is 1.54. The van der Waals surface area contributed by atoms with Crippen LogP contribution in [0.15, 0.2) is 26.3 Å². The van der Waals surface area contributed by atoms with Crippen molar-refractivity contribution in [3.63, 3.8) is 0 Å². The summed E-state index contributed by atoms with van der Waals surface area (Å²) >= 11 is 4.16. The van der Waals surface area contributed by atoms with Crippen molar-refractivity contribution in [1.29, 1.82) is 0 Å². The van der Waals surface area contributed by atoms with Gasteiger partial charge in [0.05, 0.1) is 5.27 Å². The number of nitrogens with one attached hydrogen (secondary N) is 1. The first-order valence-corrected chi connectivity index (χ1v) is 11.3. The Morgan fingerprint density at radius 1 is 1.50 bits per heavy atom. The molecule has 0 aromatic carbocycles. The van der Waals surface area contributed by atoms with Crippen LogP contribution in [-0.2, 0) is 20.9 Å². The van der Waals surface area contributed by atoms with Gasteiger partial charge in [-0.25, -0.2) is 4.79 Å². The third-order valence-electron chi connectivity index (χ3n) is 4.24. The molecule has 12 nitrogen and oxygen atoms in total. The fourth-order valence-electron chi connectivity index (χ4n) is 2.98. The number of nitrogens with zero attached hydrogens (tertiary/aromatic N) is 5. The van der Waals surface area contributed by atoms with E-state index in [-0.39, 0.29) is 12.2 Å². The summed E-state index contributed by atoms with van der Waals surface area (Å²) in [5.74, 6) is -2.14. The van der Waals surface area contributed by atoms with Gasteiger partial charge in [0.15, 0.2) is 4.34 Å². The molecule has 2 aliphatic rings. The molecule has 4 rings (SSSR count). The van der Waals surface area contributed by atoms with Crippen molar-refractivity contribution in [2.24, 2.45) is 0 Å². The molecule has 2 aliphatic heterocycles. The van der Waals surface area contributed by atoms with Crippen LogP contribution >= 0.6 is 34.9 Å². The summed E-state index contributed by atoms with van der Waals surface area (Å²) in [5, 5.41) is 34.8. The molecule has 15 heteroatoms. The molecule has 0 saturated carbocycles. The van der Waals surface area contributed by atoms with Crippen LogP contribution in [0.2, 0.25) is 0 Å². The van der Waals surface area contributed by atoms with Crippen molar-refractivity contribution in [2.45, 2.75) is 29.2 Å². The number of β-lactam (4-membered cyclic amide) rings is 1. The number of aliphatic carboxylic acids is 1. The minimum absolute atomic E-state index is 0.0511. The normalized spacial score (nSPS) is 20.7. The Balaban J connectivity index is 1.43. The Bertz CT molecular complexity index is 1050. The summed E-state index contributed by atoms with van der Waals surface area (Å²) in [4.78, 5) is 37.8. The maximum atomic E-state index is 12.6. The highest BCUT2D eigenvalue weighted by Crippen LogP contribution is 2.41. The zero-order valence-corrected chi connectivity index (χ0v) is 17.8. The van der Waals surface area contributed by atoms with Crippen molar-refractivity contribution in [2.75, 3.05) is 11.5 Å². The topological polar surface area (TPSA) is 165 Å². The van der Waals surface area contributed by atoms with Crippen molar-refractivity contribution in [1.82, 2.24) is 25.7 Å². The summed E-state index contributed by atoms with van der Waals surface area (Å²) in [7, 11) is 0. The second-order valence-electron chi connectivity index (χ2n) is 6.31. The second-order valence-corrected chi connectivity index (χ2v) is 9.82. The molecule has 2 aromatic heterocycles. The minimum atomic E-state index is -1.19. The lowest BCUT2D eigenvalue weighted by Gasteiger charge is -2.49. The number of amides is 2. The molecule has 0 spiro atoms. The monoisotopic (exact) mass is 470 g/mol. The Labute approximate surface area is 181 Å². The first-order chi connectivity index (χ1) is 14.3. The Morgan fingerprint density at radius 2 is 2.30 bits per heavy atom. The molecule has 30 heavy (non-hydrogen) atoms. The number of carboxylic acids is 1. The number of hydrogen-bond acceptors (Lipinski definition) is 11. The Hall–Kier alpha value is -2.65. The largest absolute Gasteiger partial charge is 0.539 e. The minimum Gasteiger partial charge on any atom is -0.539 e. The fourth-order valence-corrected chi connectivity index (χ4v) is 6.28. The number of carbonyl (C=O) groups excluding carboxylic acids is 2. The van der Waals surface area contributed by atoms with Crippen LogP contribution in [0.4, 0.5) is 0 Å². The zero-order valence-electron chi connectivity index (χ0n) is 15.3. The molecule has 1 fully saturated rings.